The highest BCUT2D eigenvalue weighted by Gasteiger charge is 2.60. The Bertz CT molecular complexity index is 697. The minimum atomic E-state index is -1.08. The van der Waals surface area contributed by atoms with E-state index in [2.05, 4.69) is 15.0 Å². The molecular weight excluding hydrogens is 276 g/mol. The third-order valence-corrected chi connectivity index (χ3v) is 4.39. The summed E-state index contributed by atoms with van der Waals surface area (Å²) in [7, 11) is 0. The van der Waals surface area contributed by atoms with Crippen molar-refractivity contribution in [1.29, 1.82) is 0 Å². The Labute approximate surface area is 119 Å². The fraction of sp³-hybridized carbons (Fsp3) is 0.583. The van der Waals surface area contributed by atoms with E-state index in [9.17, 15) is 10.2 Å². The topological polar surface area (TPSA) is 145 Å². The predicted octanol–water partition coefficient (Wildman–Crippen LogP) is -1.48. The maximum Gasteiger partial charge on any atom is 0.167 e. The number of nitrogens with two attached hydrogens (primary N) is 2. The SMILES string of the molecule is Nc1ncnc2c1ncn2[C@@H]1OC2(CC(N)C2)C(O)C1O. The molecule has 6 N–H and O–H groups in total. The van der Waals surface area contributed by atoms with E-state index < -0.39 is 24.0 Å². The second-order valence-corrected chi connectivity index (χ2v) is 5.76. The van der Waals surface area contributed by atoms with Crippen LogP contribution in [0, 0.1) is 0 Å². The minimum absolute atomic E-state index is 0.0110. The molecule has 0 bridgehead atoms. The first kappa shape index (κ1) is 12.9. The number of aliphatic hydroxyl groups is 2. The second kappa shape index (κ2) is 4.10. The highest BCUT2D eigenvalue weighted by atomic mass is 16.6. The van der Waals surface area contributed by atoms with E-state index >= 15 is 0 Å². The lowest BCUT2D eigenvalue weighted by molar-refractivity contribution is -0.153. The van der Waals surface area contributed by atoms with Crippen LogP contribution in [-0.4, -0.2) is 53.6 Å². The van der Waals surface area contributed by atoms with Crippen molar-refractivity contribution in [2.24, 2.45) is 5.73 Å². The number of aromatic nitrogens is 4. The van der Waals surface area contributed by atoms with Gasteiger partial charge in [0.05, 0.1) is 6.33 Å². The van der Waals surface area contributed by atoms with Gasteiger partial charge in [0, 0.05) is 6.04 Å². The fourth-order valence-electron chi connectivity index (χ4n) is 3.29. The zero-order valence-electron chi connectivity index (χ0n) is 11.1. The van der Waals surface area contributed by atoms with Crippen LogP contribution in [0.2, 0.25) is 0 Å². The number of aliphatic hydroxyl groups excluding tert-OH is 2. The molecule has 2 aromatic rings. The number of rotatable bonds is 1. The average Bonchev–Trinajstić information content (AvgIpc) is 2.95. The summed E-state index contributed by atoms with van der Waals surface area (Å²) in [5.41, 5.74) is 11.6. The summed E-state index contributed by atoms with van der Waals surface area (Å²) in [6, 6.07) is -0.0110. The van der Waals surface area contributed by atoms with E-state index in [-0.39, 0.29) is 11.9 Å². The molecule has 1 saturated heterocycles. The van der Waals surface area contributed by atoms with Gasteiger partial charge in [-0.05, 0) is 12.8 Å². The molecule has 2 aromatic heterocycles. The number of nitrogens with zero attached hydrogens (tertiary/aromatic N) is 4. The van der Waals surface area contributed by atoms with E-state index in [0.29, 0.717) is 24.0 Å². The molecule has 3 atom stereocenters. The quantitative estimate of drug-likeness (QED) is 0.498. The van der Waals surface area contributed by atoms with Crippen LogP contribution in [0.5, 0.6) is 0 Å². The molecule has 0 radical (unpaired) electrons. The molecular formula is C12H16N6O3. The van der Waals surface area contributed by atoms with E-state index in [4.69, 9.17) is 16.2 Å². The smallest absolute Gasteiger partial charge is 0.167 e. The van der Waals surface area contributed by atoms with Crippen molar-refractivity contribution in [1.82, 2.24) is 19.5 Å². The highest BCUT2D eigenvalue weighted by molar-refractivity contribution is 5.81. The Morgan fingerprint density at radius 3 is 2.76 bits per heavy atom. The van der Waals surface area contributed by atoms with Gasteiger partial charge < -0.3 is 26.4 Å². The van der Waals surface area contributed by atoms with Gasteiger partial charge in [-0.3, -0.25) is 4.57 Å². The highest BCUT2D eigenvalue weighted by Crippen LogP contribution is 2.48. The van der Waals surface area contributed by atoms with Gasteiger partial charge in [-0.1, -0.05) is 0 Å². The Morgan fingerprint density at radius 1 is 1.29 bits per heavy atom. The summed E-state index contributed by atoms with van der Waals surface area (Å²) in [6.07, 6.45) is 1.00. The van der Waals surface area contributed by atoms with Crippen molar-refractivity contribution in [3.8, 4) is 0 Å². The van der Waals surface area contributed by atoms with Crippen molar-refractivity contribution in [3.05, 3.63) is 12.7 Å². The molecule has 1 aliphatic heterocycles. The first-order valence-electron chi connectivity index (χ1n) is 6.74. The van der Waals surface area contributed by atoms with E-state index in [1.807, 2.05) is 0 Å². The van der Waals surface area contributed by atoms with Crippen molar-refractivity contribution in [3.63, 3.8) is 0 Å². The molecule has 2 fully saturated rings. The lowest BCUT2D eigenvalue weighted by atomic mass is 9.72. The largest absolute Gasteiger partial charge is 0.387 e. The standard InChI is InChI=1S/C12H16N6O3/c13-5-1-12(2-5)8(20)7(19)11(21-12)18-4-17-6-9(14)15-3-16-10(6)18/h3-5,7-8,11,19-20H,1-2,13H2,(H2,14,15,16)/t5?,7?,8?,11-,12?/m1/s1. The molecule has 9 heteroatoms. The lowest BCUT2D eigenvalue weighted by Gasteiger charge is -2.44. The van der Waals surface area contributed by atoms with Gasteiger partial charge in [-0.2, -0.15) is 0 Å². The van der Waals surface area contributed by atoms with Gasteiger partial charge in [-0.25, -0.2) is 15.0 Å². The van der Waals surface area contributed by atoms with Crippen LogP contribution in [-0.2, 0) is 4.74 Å². The first-order valence-corrected chi connectivity index (χ1v) is 6.74. The molecule has 9 nitrogen and oxygen atoms in total. The second-order valence-electron chi connectivity index (χ2n) is 5.76. The summed E-state index contributed by atoms with van der Waals surface area (Å²) < 4.78 is 7.48. The first-order chi connectivity index (χ1) is 10.0. The number of hydrogen-bond acceptors (Lipinski definition) is 8. The minimum Gasteiger partial charge on any atom is -0.387 e. The van der Waals surface area contributed by atoms with Crippen LogP contribution in [0.15, 0.2) is 12.7 Å². The zero-order valence-corrected chi connectivity index (χ0v) is 11.1. The van der Waals surface area contributed by atoms with Gasteiger partial charge >= 0.3 is 0 Å². The number of ether oxygens (including phenoxy) is 1. The van der Waals surface area contributed by atoms with Crippen LogP contribution in [0.3, 0.4) is 0 Å². The van der Waals surface area contributed by atoms with Crippen LogP contribution in [0.4, 0.5) is 5.82 Å². The maximum atomic E-state index is 10.3. The van der Waals surface area contributed by atoms with Crippen molar-refractivity contribution < 1.29 is 14.9 Å². The number of nitrogen functional groups attached to an aromatic ring is 1. The van der Waals surface area contributed by atoms with E-state index in [1.54, 1.807) is 4.57 Å². The molecule has 2 aliphatic rings. The average molecular weight is 292 g/mol. The third-order valence-electron chi connectivity index (χ3n) is 4.39. The van der Waals surface area contributed by atoms with Gasteiger partial charge in [-0.15, -0.1) is 0 Å². The molecule has 21 heavy (non-hydrogen) atoms. The van der Waals surface area contributed by atoms with Crippen LogP contribution < -0.4 is 11.5 Å². The van der Waals surface area contributed by atoms with Crippen molar-refractivity contribution >= 4 is 17.0 Å². The third kappa shape index (κ3) is 1.62. The van der Waals surface area contributed by atoms with Gasteiger partial charge in [0.1, 0.15) is 29.7 Å². The monoisotopic (exact) mass is 292 g/mol. The molecule has 3 heterocycles. The van der Waals surface area contributed by atoms with Crippen molar-refractivity contribution in [2.75, 3.05) is 5.73 Å². The number of hydrogen-bond donors (Lipinski definition) is 4. The van der Waals surface area contributed by atoms with E-state index in [1.165, 1.54) is 12.7 Å². The number of anilines is 1. The Hall–Kier alpha value is -1.81. The lowest BCUT2D eigenvalue weighted by Crippen LogP contribution is -2.58. The normalized spacial score (nSPS) is 39.0. The zero-order chi connectivity index (χ0) is 14.8. The van der Waals surface area contributed by atoms with Crippen LogP contribution in [0.1, 0.15) is 19.1 Å². The molecule has 4 rings (SSSR count). The van der Waals surface area contributed by atoms with E-state index in [0.717, 1.165) is 0 Å². The summed E-state index contributed by atoms with van der Waals surface area (Å²) >= 11 is 0. The summed E-state index contributed by atoms with van der Waals surface area (Å²) in [5.74, 6) is 0.257. The van der Waals surface area contributed by atoms with Crippen LogP contribution in [0.25, 0.3) is 11.2 Å². The Balaban J connectivity index is 1.74. The van der Waals surface area contributed by atoms with Gasteiger partial charge in [0.15, 0.2) is 17.7 Å². The van der Waals surface area contributed by atoms with Gasteiger partial charge in [0.25, 0.3) is 0 Å². The molecule has 112 valence electrons. The molecule has 1 saturated carbocycles. The molecule has 0 amide bonds. The maximum absolute atomic E-state index is 10.3. The molecule has 1 aliphatic carbocycles. The molecule has 0 aromatic carbocycles. The van der Waals surface area contributed by atoms with Crippen molar-refractivity contribution in [2.45, 2.75) is 42.9 Å². The molecule has 2 unspecified atom stereocenters. The van der Waals surface area contributed by atoms with Gasteiger partial charge in [0.2, 0.25) is 0 Å². The number of fused-ring (bicyclic) bond motifs is 1. The van der Waals surface area contributed by atoms with Crippen LogP contribution >= 0.6 is 0 Å². The summed E-state index contributed by atoms with van der Waals surface area (Å²) in [4.78, 5) is 12.1. The molecule has 1 spiro atoms. The summed E-state index contributed by atoms with van der Waals surface area (Å²) in [6.45, 7) is 0. The summed E-state index contributed by atoms with van der Waals surface area (Å²) in [5, 5.41) is 20.6. The Kier molecular flexibility index (Phi) is 2.52. The Morgan fingerprint density at radius 2 is 2.05 bits per heavy atom. The predicted molar refractivity (Wildman–Crippen MR) is 71.8 cm³/mol. The fourth-order valence-corrected chi connectivity index (χ4v) is 3.29. The number of imidazole rings is 1.